The number of carboxylic acid groups (broad SMARTS) is 1. The van der Waals surface area contributed by atoms with Gasteiger partial charge < -0.3 is 23.9 Å². The molecule has 0 atom stereocenters. The number of nitrogens with zero attached hydrogens (tertiary/aromatic N) is 4. The molecule has 182 valence electrons. The number of thiophene rings is 1. The van der Waals surface area contributed by atoms with Crippen molar-refractivity contribution in [3.63, 3.8) is 0 Å². The molecular weight excluding hydrogens is 480 g/mol. The van der Waals surface area contributed by atoms with Gasteiger partial charge in [-0.3, -0.25) is 0 Å². The lowest BCUT2D eigenvalue weighted by molar-refractivity contribution is 0.0702. The molecule has 1 aliphatic heterocycles. The summed E-state index contributed by atoms with van der Waals surface area (Å²) in [5.74, 6) is -0.372. The number of hydrogen-bond acceptors (Lipinski definition) is 9. The number of anilines is 1. The summed E-state index contributed by atoms with van der Waals surface area (Å²) >= 11 is 1.12. The summed E-state index contributed by atoms with van der Waals surface area (Å²) in [6, 6.07) is 13.6. The maximum Gasteiger partial charge on any atom is 0.345 e. The zero-order chi connectivity index (χ0) is 25.1. The molecule has 1 aliphatic rings. The molecule has 5 rings (SSSR count). The van der Waals surface area contributed by atoms with Gasteiger partial charge in [-0.1, -0.05) is 12.1 Å². The lowest BCUT2D eigenvalue weighted by Gasteiger charge is -2.28. The molecule has 1 aromatic carbocycles. The van der Waals surface area contributed by atoms with Crippen LogP contribution < -0.4 is 9.64 Å². The molecule has 0 unspecified atom stereocenters. The average molecular weight is 503 g/mol. The molecule has 0 saturated carbocycles. The quantitative estimate of drug-likeness (QED) is 0.381. The van der Waals surface area contributed by atoms with Crippen molar-refractivity contribution in [2.75, 3.05) is 31.2 Å². The van der Waals surface area contributed by atoms with Gasteiger partial charge in [0.1, 0.15) is 35.1 Å². The van der Waals surface area contributed by atoms with Crippen LogP contribution >= 0.6 is 11.3 Å². The number of benzene rings is 1. The molecule has 4 heterocycles. The van der Waals surface area contributed by atoms with Crippen molar-refractivity contribution in [1.29, 1.82) is 5.26 Å². The normalized spacial score (nSPS) is 13.4. The summed E-state index contributed by atoms with van der Waals surface area (Å²) in [4.78, 5) is 22.7. The molecular formula is C26H22N4O5S. The monoisotopic (exact) mass is 502 g/mol. The van der Waals surface area contributed by atoms with E-state index in [0.717, 1.165) is 35.7 Å². The standard InChI is InChI=1S/C26H22N4O5S/c1-16-28-23(14-34-16)20-11-22(18-2-4-19(5-3-18)30-6-8-33-9-7-30)29-25(21(20)12-27)35-13-17-10-24(26(31)32)36-15-17/h2-5,10-11,14-15H,6-9,13H2,1H3,(H,31,32). The van der Waals surface area contributed by atoms with Gasteiger partial charge in [0.15, 0.2) is 5.89 Å². The second kappa shape index (κ2) is 10.2. The predicted molar refractivity (Wildman–Crippen MR) is 133 cm³/mol. The van der Waals surface area contributed by atoms with E-state index in [9.17, 15) is 15.2 Å². The van der Waals surface area contributed by atoms with E-state index in [1.54, 1.807) is 24.4 Å². The number of aromatic carboxylic acids is 1. The van der Waals surface area contributed by atoms with E-state index in [4.69, 9.17) is 13.9 Å². The van der Waals surface area contributed by atoms with Crippen LogP contribution in [0.2, 0.25) is 0 Å². The van der Waals surface area contributed by atoms with Crippen LogP contribution in [0.5, 0.6) is 5.88 Å². The Balaban J connectivity index is 1.51. The van der Waals surface area contributed by atoms with E-state index in [-0.39, 0.29) is 22.9 Å². The van der Waals surface area contributed by atoms with Gasteiger partial charge in [-0.15, -0.1) is 11.3 Å². The molecule has 9 nitrogen and oxygen atoms in total. The Kier molecular flexibility index (Phi) is 6.66. The minimum atomic E-state index is -0.992. The molecule has 1 fully saturated rings. The fourth-order valence-corrected chi connectivity index (χ4v) is 4.69. The number of rotatable bonds is 7. The van der Waals surface area contributed by atoms with Crippen molar-refractivity contribution in [2.24, 2.45) is 0 Å². The number of pyridine rings is 1. The highest BCUT2D eigenvalue weighted by Crippen LogP contribution is 2.34. The van der Waals surface area contributed by atoms with Crippen molar-refractivity contribution < 1.29 is 23.8 Å². The molecule has 1 N–H and O–H groups in total. The highest BCUT2D eigenvalue weighted by molar-refractivity contribution is 7.12. The number of aromatic nitrogens is 2. The summed E-state index contributed by atoms with van der Waals surface area (Å²) in [6.45, 7) is 4.90. The van der Waals surface area contributed by atoms with Crippen molar-refractivity contribution in [1.82, 2.24) is 9.97 Å². The zero-order valence-corrected chi connectivity index (χ0v) is 20.2. The SMILES string of the molecule is Cc1nc(-c2cc(-c3ccc(N4CCOCC4)cc3)nc(OCc3csc(C(=O)O)c3)c2C#N)co1. The fourth-order valence-electron chi connectivity index (χ4n) is 3.95. The van der Waals surface area contributed by atoms with Crippen LogP contribution in [-0.2, 0) is 11.3 Å². The first-order chi connectivity index (χ1) is 17.5. The first-order valence-electron chi connectivity index (χ1n) is 11.3. The van der Waals surface area contributed by atoms with Crippen LogP contribution in [0.3, 0.4) is 0 Å². The summed E-state index contributed by atoms with van der Waals surface area (Å²) in [5.41, 5.74) is 4.53. The Morgan fingerprint density at radius 3 is 2.61 bits per heavy atom. The molecule has 0 amide bonds. The van der Waals surface area contributed by atoms with Crippen LogP contribution in [0.4, 0.5) is 5.69 Å². The lowest BCUT2D eigenvalue weighted by atomic mass is 10.0. The van der Waals surface area contributed by atoms with Gasteiger partial charge in [0.05, 0.1) is 18.9 Å². The molecule has 0 bridgehead atoms. The zero-order valence-electron chi connectivity index (χ0n) is 19.4. The number of morpholine rings is 1. The third-order valence-electron chi connectivity index (χ3n) is 5.77. The van der Waals surface area contributed by atoms with Crippen molar-refractivity contribution in [3.8, 4) is 34.5 Å². The van der Waals surface area contributed by atoms with E-state index < -0.39 is 5.97 Å². The smallest absolute Gasteiger partial charge is 0.345 e. The van der Waals surface area contributed by atoms with Gasteiger partial charge in [0.25, 0.3) is 0 Å². The molecule has 1 saturated heterocycles. The third-order valence-corrected chi connectivity index (χ3v) is 6.74. The van der Waals surface area contributed by atoms with Crippen LogP contribution in [0.1, 0.15) is 26.7 Å². The first kappa shape index (κ1) is 23.5. The van der Waals surface area contributed by atoms with E-state index in [1.807, 2.05) is 24.3 Å². The minimum Gasteiger partial charge on any atom is -0.477 e. The molecule has 36 heavy (non-hydrogen) atoms. The molecule has 3 aromatic heterocycles. The van der Waals surface area contributed by atoms with Crippen molar-refractivity contribution >= 4 is 23.0 Å². The number of nitriles is 1. The highest BCUT2D eigenvalue weighted by atomic mass is 32.1. The molecule has 0 spiro atoms. The molecule has 0 radical (unpaired) electrons. The molecule has 4 aromatic rings. The Bertz CT molecular complexity index is 1430. The Labute approximate surface area is 211 Å². The Hall–Kier alpha value is -4.20. The second-order valence-electron chi connectivity index (χ2n) is 8.16. The highest BCUT2D eigenvalue weighted by Gasteiger charge is 2.20. The topological polar surface area (TPSA) is 122 Å². The number of ether oxygens (including phenoxy) is 2. The Morgan fingerprint density at radius 1 is 1.19 bits per heavy atom. The number of hydrogen-bond donors (Lipinski definition) is 1. The Morgan fingerprint density at radius 2 is 1.97 bits per heavy atom. The number of aryl methyl sites for hydroxylation is 1. The minimum absolute atomic E-state index is 0.0716. The van der Waals surface area contributed by atoms with Crippen molar-refractivity contribution in [3.05, 3.63) is 69.9 Å². The maximum atomic E-state index is 11.2. The second-order valence-corrected chi connectivity index (χ2v) is 9.07. The number of carbonyl (C=O) groups is 1. The van der Waals surface area contributed by atoms with Crippen molar-refractivity contribution in [2.45, 2.75) is 13.5 Å². The van der Waals surface area contributed by atoms with E-state index in [0.29, 0.717) is 41.6 Å². The average Bonchev–Trinajstić information content (AvgIpc) is 3.57. The summed E-state index contributed by atoms with van der Waals surface area (Å²) in [5, 5.41) is 20.9. The van der Waals surface area contributed by atoms with Crippen LogP contribution in [-0.4, -0.2) is 47.3 Å². The molecule has 10 heteroatoms. The maximum absolute atomic E-state index is 11.2. The van der Waals surface area contributed by atoms with Gasteiger partial charge in [-0.25, -0.2) is 14.8 Å². The molecule has 0 aliphatic carbocycles. The van der Waals surface area contributed by atoms with Gasteiger partial charge in [-0.05, 0) is 29.6 Å². The van der Waals surface area contributed by atoms with Gasteiger partial charge in [0.2, 0.25) is 5.88 Å². The first-order valence-corrected chi connectivity index (χ1v) is 12.1. The van der Waals surface area contributed by atoms with E-state index >= 15 is 0 Å². The summed E-state index contributed by atoms with van der Waals surface area (Å²) in [6.07, 6.45) is 1.50. The van der Waals surface area contributed by atoms with Gasteiger partial charge >= 0.3 is 5.97 Å². The van der Waals surface area contributed by atoms with Crippen LogP contribution in [0, 0.1) is 18.3 Å². The third kappa shape index (κ3) is 4.93. The number of oxazole rings is 1. The van der Waals surface area contributed by atoms with Gasteiger partial charge in [-0.2, -0.15) is 5.26 Å². The van der Waals surface area contributed by atoms with Gasteiger partial charge in [0, 0.05) is 42.4 Å². The number of carboxylic acids is 1. The van der Waals surface area contributed by atoms with Crippen LogP contribution in [0.25, 0.3) is 22.5 Å². The summed E-state index contributed by atoms with van der Waals surface area (Å²) in [7, 11) is 0. The van der Waals surface area contributed by atoms with E-state index in [1.165, 1.54) is 6.26 Å². The fraction of sp³-hybridized carbons (Fsp3) is 0.231. The largest absolute Gasteiger partial charge is 0.477 e. The van der Waals surface area contributed by atoms with E-state index in [2.05, 4.69) is 20.9 Å². The predicted octanol–water partition coefficient (Wildman–Crippen LogP) is 4.76. The van der Waals surface area contributed by atoms with Crippen LogP contribution in [0.15, 0.2) is 52.5 Å². The lowest BCUT2D eigenvalue weighted by Crippen LogP contribution is -2.36. The summed E-state index contributed by atoms with van der Waals surface area (Å²) < 4.78 is 16.8.